The van der Waals surface area contributed by atoms with E-state index in [1.54, 1.807) is 12.1 Å². The first-order valence-corrected chi connectivity index (χ1v) is 7.70. The molecule has 0 aliphatic carbocycles. The minimum Gasteiger partial charge on any atom is -0.507 e. The number of aromatic nitrogens is 1. The summed E-state index contributed by atoms with van der Waals surface area (Å²) in [6.07, 6.45) is 0. The maximum atomic E-state index is 12.1. The van der Waals surface area contributed by atoms with Crippen LogP contribution in [0.3, 0.4) is 0 Å². The number of amides is 1. The Balaban J connectivity index is 2.17. The molecule has 0 unspecified atom stereocenters. The highest BCUT2D eigenvalue weighted by molar-refractivity contribution is 9.10. The van der Waals surface area contributed by atoms with Gasteiger partial charge in [0.25, 0.3) is 5.91 Å². The molecule has 1 amide bonds. The highest BCUT2D eigenvalue weighted by Crippen LogP contribution is 2.28. The van der Waals surface area contributed by atoms with E-state index in [2.05, 4.69) is 47.0 Å². The largest absolute Gasteiger partial charge is 0.507 e. The zero-order valence-corrected chi connectivity index (χ0v) is 13.8. The van der Waals surface area contributed by atoms with Crippen LogP contribution in [0.2, 0.25) is 0 Å². The number of anilines is 1. The second-order valence-corrected chi connectivity index (χ2v) is 7.18. The van der Waals surface area contributed by atoms with E-state index in [1.165, 1.54) is 17.4 Å². The van der Waals surface area contributed by atoms with Crippen molar-refractivity contribution in [3.05, 3.63) is 39.3 Å². The standard InChI is InChI=1S/C14H15BrN2O2S/c1-14(2,3)11-7-20-13(16-11)17-12(19)9-5-4-8(15)6-10(9)18/h4-7,18H,1-3H3,(H,16,17,19). The first-order valence-electron chi connectivity index (χ1n) is 6.03. The van der Waals surface area contributed by atoms with Gasteiger partial charge in [-0.1, -0.05) is 36.7 Å². The predicted octanol–water partition coefficient (Wildman–Crippen LogP) is 4.16. The molecule has 2 N–H and O–H groups in total. The Morgan fingerprint density at radius 2 is 2.10 bits per heavy atom. The summed E-state index contributed by atoms with van der Waals surface area (Å²) < 4.78 is 0.718. The first kappa shape index (κ1) is 15.0. The van der Waals surface area contributed by atoms with Gasteiger partial charge in [0.15, 0.2) is 5.13 Å². The number of hydrogen-bond donors (Lipinski definition) is 2. The molecule has 4 nitrogen and oxygen atoms in total. The highest BCUT2D eigenvalue weighted by atomic mass is 79.9. The number of aromatic hydroxyl groups is 1. The van der Waals surface area contributed by atoms with Gasteiger partial charge in [-0.2, -0.15) is 0 Å². The molecule has 0 bridgehead atoms. The van der Waals surface area contributed by atoms with Gasteiger partial charge < -0.3 is 5.11 Å². The number of nitrogens with zero attached hydrogens (tertiary/aromatic N) is 1. The van der Waals surface area contributed by atoms with Crippen LogP contribution in [0.25, 0.3) is 0 Å². The van der Waals surface area contributed by atoms with E-state index in [9.17, 15) is 9.90 Å². The number of benzene rings is 1. The third kappa shape index (κ3) is 3.37. The van der Waals surface area contributed by atoms with Crippen molar-refractivity contribution >= 4 is 38.3 Å². The Hall–Kier alpha value is -1.40. The topological polar surface area (TPSA) is 62.2 Å². The zero-order chi connectivity index (χ0) is 14.9. The van der Waals surface area contributed by atoms with Crippen LogP contribution in [0.15, 0.2) is 28.1 Å². The molecule has 6 heteroatoms. The summed E-state index contributed by atoms with van der Waals surface area (Å²) in [7, 11) is 0. The molecule has 0 aliphatic rings. The van der Waals surface area contributed by atoms with Crippen molar-refractivity contribution in [1.29, 1.82) is 0 Å². The van der Waals surface area contributed by atoms with Crippen LogP contribution in [-0.4, -0.2) is 16.0 Å². The highest BCUT2D eigenvalue weighted by Gasteiger charge is 2.19. The van der Waals surface area contributed by atoms with Crippen LogP contribution in [0.4, 0.5) is 5.13 Å². The van der Waals surface area contributed by atoms with E-state index in [-0.39, 0.29) is 22.6 Å². The molecular weight excluding hydrogens is 340 g/mol. The SMILES string of the molecule is CC(C)(C)c1csc(NC(=O)c2ccc(Br)cc2O)n1. The average Bonchev–Trinajstić information content (AvgIpc) is 2.76. The molecular formula is C14H15BrN2O2S. The van der Waals surface area contributed by atoms with Crippen molar-refractivity contribution in [2.45, 2.75) is 26.2 Å². The zero-order valence-electron chi connectivity index (χ0n) is 11.4. The van der Waals surface area contributed by atoms with Crippen molar-refractivity contribution in [2.24, 2.45) is 0 Å². The first-order chi connectivity index (χ1) is 9.27. The summed E-state index contributed by atoms with van der Waals surface area (Å²) in [6, 6.07) is 4.75. The van der Waals surface area contributed by atoms with Crippen molar-refractivity contribution in [1.82, 2.24) is 4.98 Å². The molecule has 0 saturated carbocycles. The molecule has 1 aromatic heterocycles. The molecule has 1 aromatic carbocycles. The molecule has 0 radical (unpaired) electrons. The number of carbonyl (C=O) groups excluding carboxylic acids is 1. The molecule has 20 heavy (non-hydrogen) atoms. The monoisotopic (exact) mass is 354 g/mol. The molecule has 2 aromatic rings. The number of halogens is 1. The summed E-state index contributed by atoms with van der Waals surface area (Å²) in [5, 5.41) is 14.9. The Bertz CT molecular complexity index is 647. The van der Waals surface area contributed by atoms with E-state index < -0.39 is 0 Å². The van der Waals surface area contributed by atoms with Gasteiger partial charge in [0.1, 0.15) is 5.75 Å². The van der Waals surface area contributed by atoms with Gasteiger partial charge in [0.2, 0.25) is 0 Å². The minimum atomic E-state index is -0.371. The smallest absolute Gasteiger partial charge is 0.261 e. The van der Waals surface area contributed by atoms with E-state index in [0.29, 0.717) is 5.13 Å². The quantitative estimate of drug-likeness (QED) is 0.850. The van der Waals surface area contributed by atoms with Crippen molar-refractivity contribution in [2.75, 3.05) is 5.32 Å². The lowest BCUT2D eigenvalue weighted by atomic mass is 9.93. The Morgan fingerprint density at radius 1 is 1.40 bits per heavy atom. The van der Waals surface area contributed by atoms with Gasteiger partial charge in [0.05, 0.1) is 11.3 Å². The van der Waals surface area contributed by atoms with E-state index in [4.69, 9.17) is 0 Å². The fraction of sp³-hybridized carbons (Fsp3) is 0.286. The van der Waals surface area contributed by atoms with Crippen LogP contribution >= 0.6 is 27.3 Å². The summed E-state index contributed by atoms with van der Waals surface area (Å²) in [5.41, 5.74) is 1.10. The van der Waals surface area contributed by atoms with Gasteiger partial charge >= 0.3 is 0 Å². The lowest BCUT2D eigenvalue weighted by Crippen LogP contribution is -2.14. The maximum absolute atomic E-state index is 12.1. The van der Waals surface area contributed by atoms with Gasteiger partial charge in [-0.25, -0.2) is 4.98 Å². The summed E-state index contributed by atoms with van der Waals surface area (Å²) in [6.45, 7) is 6.19. The van der Waals surface area contributed by atoms with Crippen molar-refractivity contribution < 1.29 is 9.90 Å². The summed E-state index contributed by atoms with van der Waals surface area (Å²) in [5.74, 6) is -0.436. The lowest BCUT2D eigenvalue weighted by Gasteiger charge is -2.14. The fourth-order valence-electron chi connectivity index (χ4n) is 1.54. The number of carbonyl (C=O) groups is 1. The molecule has 0 saturated heterocycles. The predicted molar refractivity (Wildman–Crippen MR) is 84.6 cm³/mol. The Kier molecular flexibility index (Phi) is 4.15. The number of nitrogens with one attached hydrogen (secondary N) is 1. The van der Waals surface area contributed by atoms with Crippen molar-refractivity contribution in [3.8, 4) is 5.75 Å². The number of phenolic OH excluding ortho intramolecular Hbond substituents is 1. The molecule has 106 valence electrons. The van der Waals surface area contributed by atoms with E-state index in [0.717, 1.165) is 10.2 Å². The van der Waals surface area contributed by atoms with E-state index in [1.807, 2.05) is 5.38 Å². The van der Waals surface area contributed by atoms with Crippen molar-refractivity contribution in [3.63, 3.8) is 0 Å². The molecule has 0 aliphatic heterocycles. The van der Waals surface area contributed by atoms with Gasteiger partial charge in [-0.05, 0) is 18.2 Å². The molecule has 0 atom stereocenters. The van der Waals surface area contributed by atoms with Crippen LogP contribution in [0.5, 0.6) is 5.75 Å². The summed E-state index contributed by atoms with van der Waals surface area (Å²) >= 11 is 4.61. The average molecular weight is 355 g/mol. The number of hydrogen-bond acceptors (Lipinski definition) is 4. The van der Waals surface area contributed by atoms with Gasteiger partial charge in [0, 0.05) is 15.3 Å². The number of phenols is 1. The normalized spacial score (nSPS) is 11.4. The van der Waals surface area contributed by atoms with Crippen LogP contribution in [0, 0.1) is 0 Å². The lowest BCUT2D eigenvalue weighted by molar-refractivity contribution is 0.102. The molecule has 0 fully saturated rings. The molecule has 2 rings (SSSR count). The van der Waals surface area contributed by atoms with Gasteiger partial charge in [-0.15, -0.1) is 11.3 Å². The number of thiazole rings is 1. The molecule has 0 spiro atoms. The third-order valence-corrected chi connectivity index (χ3v) is 3.95. The van der Waals surface area contributed by atoms with Crippen LogP contribution < -0.4 is 5.32 Å². The van der Waals surface area contributed by atoms with E-state index >= 15 is 0 Å². The molecule has 1 heterocycles. The minimum absolute atomic E-state index is 0.0563. The number of rotatable bonds is 2. The van der Waals surface area contributed by atoms with Crippen LogP contribution in [-0.2, 0) is 5.41 Å². The van der Waals surface area contributed by atoms with Gasteiger partial charge in [-0.3, -0.25) is 10.1 Å². The fourth-order valence-corrected chi connectivity index (χ4v) is 2.82. The second kappa shape index (κ2) is 5.54. The Labute approximate surface area is 130 Å². The van der Waals surface area contributed by atoms with Crippen LogP contribution in [0.1, 0.15) is 36.8 Å². The third-order valence-electron chi connectivity index (χ3n) is 2.70. The summed E-state index contributed by atoms with van der Waals surface area (Å²) in [4.78, 5) is 16.5. The Morgan fingerprint density at radius 3 is 2.65 bits per heavy atom. The second-order valence-electron chi connectivity index (χ2n) is 5.40. The maximum Gasteiger partial charge on any atom is 0.261 e.